The van der Waals surface area contributed by atoms with Gasteiger partial charge in [-0.05, 0) is 25.8 Å². The van der Waals surface area contributed by atoms with Crippen molar-refractivity contribution in [3.8, 4) is 16.4 Å². The van der Waals surface area contributed by atoms with E-state index >= 15 is 0 Å². The highest BCUT2D eigenvalue weighted by Gasteiger charge is 2.19. The summed E-state index contributed by atoms with van der Waals surface area (Å²) >= 11 is 1.54. The van der Waals surface area contributed by atoms with Crippen LogP contribution in [0, 0.1) is 0 Å². The Labute approximate surface area is 176 Å². The number of benzene rings is 1. The molecule has 0 bridgehead atoms. The van der Waals surface area contributed by atoms with Crippen molar-refractivity contribution in [2.24, 2.45) is 5.73 Å². The van der Waals surface area contributed by atoms with Crippen molar-refractivity contribution in [3.63, 3.8) is 0 Å². The molecule has 0 saturated heterocycles. The number of hydrogen-bond acceptors (Lipinski definition) is 5. The number of nitrogens with two attached hydrogens (primary N) is 1. The van der Waals surface area contributed by atoms with Crippen LogP contribution in [0.5, 0.6) is 0 Å². The first-order valence-corrected chi connectivity index (χ1v) is 11.2. The van der Waals surface area contributed by atoms with E-state index in [9.17, 15) is 4.79 Å². The monoisotopic (exact) mass is 411 g/mol. The SMILES string of the molecule is CCCc1c(C(=O)NCCCCCCN)cnn1-c1nc(-c2ccccc2)cs1. The molecule has 154 valence electrons. The maximum atomic E-state index is 12.7. The minimum atomic E-state index is -0.0571. The Hall–Kier alpha value is -2.51. The third kappa shape index (κ3) is 5.52. The molecule has 29 heavy (non-hydrogen) atoms. The molecular formula is C22H29N5OS. The number of unbranched alkanes of at least 4 members (excludes halogenated alkanes) is 3. The molecule has 2 aromatic heterocycles. The lowest BCUT2D eigenvalue weighted by Gasteiger charge is -2.08. The van der Waals surface area contributed by atoms with Crippen molar-refractivity contribution >= 4 is 17.2 Å². The van der Waals surface area contributed by atoms with Crippen LogP contribution in [0.2, 0.25) is 0 Å². The second kappa shape index (κ2) is 10.9. The summed E-state index contributed by atoms with van der Waals surface area (Å²) in [5.74, 6) is -0.0571. The minimum Gasteiger partial charge on any atom is -0.352 e. The molecule has 0 atom stereocenters. The smallest absolute Gasteiger partial charge is 0.254 e. The van der Waals surface area contributed by atoms with Crippen LogP contribution >= 0.6 is 11.3 Å². The molecule has 6 nitrogen and oxygen atoms in total. The van der Waals surface area contributed by atoms with Gasteiger partial charge in [0.05, 0.1) is 23.1 Å². The first-order valence-electron chi connectivity index (χ1n) is 10.3. The summed E-state index contributed by atoms with van der Waals surface area (Å²) in [6.45, 7) is 3.51. The topological polar surface area (TPSA) is 85.8 Å². The number of carbonyl (C=O) groups is 1. The maximum absolute atomic E-state index is 12.7. The summed E-state index contributed by atoms with van der Waals surface area (Å²) in [6, 6.07) is 10.1. The zero-order valence-electron chi connectivity index (χ0n) is 16.9. The molecule has 3 rings (SSSR count). The number of carbonyl (C=O) groups excluding carboxylic acids is 1. The Morgan fingerprint density at radius 3 is 2.72 bits per heavy atom. The highest BCUT2D eigenvalue weighted by atomic mass is 32.1. The van der Waals surface area contributed by atoms with E-state index in [0.717, 1.165) is 67.2 Å². The number of nitrogens with one attached hydrogen (secondary N) is 1. The van der Waals surface area contributed by atoms with Gasteiger partial charge in [-0.15, -0.1) is 11.3 Å². The molecule has 0 fully saturated rings. The summed E-state index contributed by atoms with van der Waals surface area (Å²) < 4.78 is 1.82. The van der Waals surface area contributed by atoms with Crippen molar-refractivity contribution in [1.82, 2.24) is 20.1 Å². The number of hydrogen-bond donors (Lipinski definition) is 2. The van der Waals surface area contributed by atoms with Crippen LogP contribution in [-0.2, 0) is 6.42 Å². The predicted molar refractivity (Wildman–Crippen MR) is 119 cm³/mol. The molecule has 0 radical (unpaired) electrons. The van der Waals surface area contributed by atoms with E-state index in [4.69, 9.17) is 10.7 Å². The molecular weight excluding hydrogens is 382 g/mol. The Balaban J connectivity index is 1.72. The lowest BCUT2D eigenvalue weighted by atomic mass is 10.1. The highest BCUT2D eigenvalue weighted by Crippen LogP contribution is 2.25. The van der Waals surface area contributed by atoms with Gasteiger partial charge >= 0.3 is 0 Å². The first-order chi connectivity index (χ1) is 14.2. The average molecular weight is 412 g/mol. The molecule has 7 heteroatoms. The van der Waals surface area contributed by atoms with Gasteiger partial charge in [0.25, 0.3) is 5.91 Å². The van der Waals surface area contributed by atoms with E-state index in [1.165, 1.54) is 11.3 Å². The first kappa shape index (κ1) is 21.2. The molecule has 2 heterocycles. The number of aromatic nitrogens is 3. The van der Waals surface area contributed by atoms with Crippen LogP contribution in [0.1, 0.15) is 55.1 Å². The van der Waals surface area contributed by atoms with Crippen molar-refractivity contribution in [2.75, 3.05) is 13.1 Å². The van der Waals surface area contributed by atoms with Gasteiger partial charge in [-0.2, -0.15) is 5.10 Å². The van der Waals surface area contributed by atoms with Gasteiger partial charge < -0.3 is 11.1 Å². The standard InChI is InChI=1S/C22H29N5OS/c1-2-10-20-18(21(28)24-14-9-4-3-8-13-23)15-25-27(20)22-26-19(16-29-22)17-11-6-5-7-12-17/h5-7,11-12,15-16H,2-4,8-10,13-14,23H2,1H3,(H,24,28). The summed E-state index contributed by atoms with van der Waals surface area (Å²) in [6.07, 6.45) is 7.58. The van der Waals surface area contributed by atoms with E-state index in [1.807, 2.05) is 40.4 Å². The zero-order chi connectivity index (χ0) is 20.5. The average Bonchev–Trinajstić information content (AvgIpc) is 3.39. The van der Waals surface area contributed by atoms with Gasteiger partial charge in [-0.3, -0.25) is 4.79 Å². The van der Waals surface area contributed by atoms with Crippen molar-refractivity contribution < 1.29 is 4.79 Å². The van der Waals surface area contributed by atoms with E-state index in [-0.39, 0.29) is 5.91 Å². The van der Waals surface area contributed by atoms with Gasteiger partial charge in [-0.25, -0.2) is 9.67 Å². The number of rotatable bonds is 11. The van der Waals surface area contributed by atoms with E-state index < -0.39 is 0 Å². The summed E-state index contributed by atoms with van der Waals surface area (Å²) in [4.78, 5) is 17.4. The Bertz CT molecular complexity index is 903. The van der Waals surface area contributed by atoms with Crippen LogP contribution in [0.4, 0.5) is 0 Å². The fourth-order valence-corrected chi connectivity index (χ4v) is 4.04. The van der Waals surface area contributed by atoms with E-state index in [0.29, 0.717) is 12.1 Å². The van der Waals surface area contributed by atoms with Gasteiger partial charge in [0.15, 0.2) is 0 Å². The fraction of sp³-hybridized carbons (Fsp3) is 0.409. The molecule has 0 spiro atoms. The fourth-order valence-electron chi connectivity index (χ4n) is 3.23. The van der Waals surface area contributed by atoms with Gasteiger partial charge in [0, 0.05) is 17.5 Å². The Morgan fingerprint density at radius 2 is 1.97 bits per heavy atom. The summed E-state index contributed by atoms with van der Waals surface area (Å²) in [5.41, 5.74) is 9.08. The molecule has 0 unspecified atom stereocenters. The third-order valence-electron chi connectivity index (χ3n) is 4.76. The largest absolute Gasteiger partial charge is 0.352 e. The molecule has 1 aromatic carbocycles. The molecule has 3 N–H and O–H groups in total. The summed E-state index contributed by atoms with van der Waals surface area (Å²) in [5, 5.41) is 10.3. The minimum absolute atomic E-state index is 0.0571. The molecule has 1 amide bonds. The second-order valence-corrected chi connectivity index (χ2v) is 7.84. The molecule has 0 saturated carbocycles. The lowest BCUT2D eigenvalue weighted by Crippen LogP contribution is -2.25. The number of nitrogens with zero attached hydrogens (tertiary/aromatic N) is 3. The van der Waals surface area contributed by atoms with Gasteiger partial charge in [0.2, 0.25) is 5.13 Å². The third-order valence-corrected chi connectivity index (χ3v) is 5.58. The zero-order valence-corrected chi connectivity index (χ0v) is 17.8. The van der Waals surface area contributed by atoms with Crippen LogP contribution < -0.4 is 11.1 Å². The normalized spacial score (nSPS) is 11.0. The second-order valence-electron chi connectivity index (χ2n) is 7.01. The Kier molecular flexibility index (Phi) is 7.95. The van der Waals surface area contributed by atoms with Crippen LogP contribution in [0.25, 0.3) is 16.4 Å². The quantitative estimate of drug-likeness (QED) is 0.463. The van der Waals surface area contributed by atoms with Crippen molar-refractivity contribution in [1.29, 1.82) is 0 Å². The molecule has 0 aliphatic carbocycles. The Morgan fingerprint density at radius 1 is 1.17 bits per heavy atom. The maximum Gasteiger partial charge on any atom is 0.254 e. The van der Waals surface area contributed by atoms with Crippen molar-refractivity contribution in [3.05, 3.63) is 53.2 Å². The van der Waals surface area contributed by atoms with Crippen LogP contribution in [-0.4, -0.2) is 33.8 Å². The van der Waals surface area contributed by atoms with E-state index in [2.05, 4.69) is 17.3 Å². The summed E-state index contributed by atoms with van der Waals surface area (Å²) in [7, 11) is 0. The molecule has 0 aliphatic heterocycles. The molecule has 0 aliphatic rings. The highest BCUT2D eigenvalue weighted by molar-refractivity contribution is 7.12. The van der Waals surface area contributed by atoms with Crippen LogP contribution in [0.15, 0.2) is 41.9 Å². The molecule has 3 aromatic rings. The van der Waals surface area contributed by atoms with Gasteiger partial charge in [-0.1, -0.05) is 56.5 Å². The lowest BCUT2D eigenvalue weighted by molar-refractivity contribution is 0.0952. The van der Waals surface area contributed by atoms with Crippen molar-refractivity contribution in [2.45, 2.75) is 45.4 Å². The van der Waals surface area contributed by atoms with Gasteiger partial charge in [0.1, 0.15) is 0 Å². The van der Waals surface area contributed by atoms with Crippen LogP contribution in [0.3, 0.4) is 0 Å². The van der Waals surface area contributed by atoms with E-state index in [1.54, 1.807) is 6.20 Å². The number of amides is 1. The predicted octanol–water partition coefficient (Wildman–Crippen LogP) is 4.20. The number of thiazole rings is 1.